The van der Waals surface area contributed by atoms with Crippen molar-refractivity contribution >= 4 is 11.8 Å². The Balaban J connectivity index is 2.17. The Hall–Kier alpha value is -2.66. The number of hydrogen-bond donors (Lipinski definition) is 3. The summed E-state index contributed by atoms with van der Waals surface area (Å²) in [6, 6.07) is 16.9. The van der Waals surface area contributed by atoms with Crippen LogP contribution in [-0.4, -0.2) is 29.6 Å². The molecule has 120 valence electrons. The molecule has 0 heterocycles. The van der Waals surface area contributed by atoms with Gasteiger partial charge in [-0.15, -0.1) is 0 Å². The summed E-state index contributed by atoms with van der Waals surface area (Å²) in [6.45, 7) is 1.71. The van der Waals surface area contributed by atoms with E-state index in [1.165, 1.54) is 0 Å². The average Bonchev–Trinajstić information content (AvgIpc) is 2.59. The highest BCUT2D eigenvalue weighted by Gasteiger charge is 2.23. The lowest BCUT2D eigenvalue weighted by atomic mass is 10.1. The summed E-state index contributed by atoms with van der Waals surface area (Å²) in [4.78, 5) is 24.7. The Morgan fingerprint density at radius 2 is 1.57 bits per heavy atom. The van der Waals surface area contributed by atoms with E-state index in [1.54, 1.807) is 55.5 Å². The molecule has 23 heavy (non-hydrogen) atoms. The smallest absolute Gasteiger partial charge is 0.252 e. The van der Waals surface area contributed by atoms with Crippen molar-refractivity contribution in [1.29, 1.82) is 0 Å². The molecule has 0 spiro atoms. The topological polar surface area (TPSA) is 78.4 Å². The van der Waals surface area contributed by atoms with Crippen LogP contribution < -0.4 is 10.6 Å². The number of benzene rings is 2. The highest BCUT2D eigenvalue weighted by Crippen LogP contribution is 2.14. The van der Waals surface area contributed by atoms with Crippen LogP contribution in [0.4, 0.5) is 0 Å². The third-order valence-corrected chi connectivity index (χ3v) is 3.28. The monoisotopic (exact) mass is 312 g/mol. The second kappa shape index (κ2) is 8.10. The van der Waals surface area contributed by atoms with E-state index in [2.05, 4.69) is 10.6 Å². The first-order valence-corrected chi connectivity index (χ1v) is 7.44. The van der Waals surface area contributed by atoms with Gasteiger partial charge in [0.25, 0.3) is 5.91 Å². The fraction of sp³-hybridized carbons (Fsp3) is 0.222. The summed E-state index contributed by atoms with van der Waals surface area (Å²) < 4.78 is 0. The number of hydrogen-bond acceptors (Lipinski definition) is 3. The van der Waals surface area contributed by atoms with Crippen molar-refractivity contribution in [2.75, 3.05) is 6.54 Å². The molecule has 0 radical (unpaired) electrons. The SMILES string of the molecule is CC(O)CNC(=O)C(NC(=O)c1ccccc1)c1ccccc1. The number of carbonyl (C=O) groups excluding carboxylic acids is 2. The van der Waals surface area contributed by atoms with Crippen molar-refractivity contribution in [2.45, 2.75) is 19.1 Å². The lowest BCUT2D eigenvalue weighted by Gasteiger charge is -2.19. The van der Waals surface area contributed by atoms with E-state index >= 15 is 0 Å². The minimum atomic E-state index is -0.817. The van der Waals surface area contributed by atoms with E-state index in [0.29, 0.717) is 11.1 Å². The normalized spacial score (nSPS) is 13.0. The highest BCUT2D eigenvalue weighted by atomic mass is 16.3. The number of nitrogens with one attached hydrogen (secondary N) is 2. The fourth-order valence-electron chi connectivity index (χ4n) is 2.10. The molecule has 0 aliphatic rings. The van der Waals surface area contributed by atoms with Gasteiger partial charge in [0.2, 0.25) is 5.91 Å². The maximum Gasteiger partial charge on any atom is 0.252 e. The van der Waals surface area contributed by atoms with Gasteiger partial charge >= 0.3 is 0 Å². The summed E-state index contributed by atoms with van der Waals surface area (Å²) in [5.74, 6) is -0.687. The van der Waals surface area contributed by atoms with Crippen molar-refractivity contribution in [3.05, 3.63) is 71.8 Å². The first-order valence-electron chi connectivity index (χ1n) is 7.44. The van der Waals surface area contributed by atoms with E-state index in [9.17, 15) is 14.7 Å². The van der Waals surface area contributed by atoms with Crippen molar-refractivity contribution in [3.8, 4) is 0 Å². The standard InChI is InChI=1S/C18H20N2O3/c1-13(21)12-19-18(23)16(14-8-4-2-5-9-14)20-17(22)15-10-6-3-7-11-15/h2-11,13,16,21H,12H2,1H3,(H,19,23)(H,20,22). The minimum absolute atomic E-state index is 0.128. The van der Waals surface area contributed by atoms with E-state index in [0.717, 1.165) is 0 Å². The third kappa shape index (κ3) is 4.93. The van der Waals surface area contributed by atoms with Crippen LogP contribution in [0, 0.1) is 0 Å². The summed E-state index contributed by atoms with van der Waals surface area (Å²) in [5, 5.41) is 14.7. The molecule has 0 aliphatic carbocycles. The Morgan fingerprint density at radius 3 is 2.13 bits per heavy atom. The van der Waals surface area contributed by atoms with Crippen LogP contribution in [0.2, 0.25) is 0 Å². The molecule has 2 atom stereocenters. The molecule has 2 aromatic rings. The van der Waals surface area contributed by atoms with E-state index in [1.807, 2.05) is 12.1 Å². The molecule has 2 amide bonds. The first kappa shape index (κ1) is 16.7. The first-order chi connectivity index (χ1) is 11.1. The quantitative estimate of drug-likeness (QED) is 0.759. The van der Waals surface area contributed by atoms with Gasteiger partial charge in [-0.25, -0.2) is 0 Å². The Labute approximate surface area is 135 Å². The van der Waals surface area contributed by atoms with Crippen LogP contribution in [0.1, 0.15) is 28.9 Å². The molecule has 0 aromatic heterocycles. The molecule has 0 fully saturated rings. The van der Waals surface area contributed by atoms with Crippen molar-refractivity contribution in [3.63, 3.8) is 0 Å². The second-order valence-electron chi connectivity index (χ2n) is 5.28. The molecule has 5 nitrogen and oxygen atoms in total. The van der Waals surface area contributed by atoms with Gasteiger partial charge in [0.15, 0.2) is 0 Å². The summed E-state index contributed by atoms with van der Waals surface area (Å²) in [5.41, 5.74) is 1.16. The second-order valence-corrected chi connectivity index (χ2v) is 5.28. The summed E-state index contributed by atoms with van der Waals surface area (Å²) in [7, 11) is 0. The molecular formula is C18H20N2O3. The van der Waals surface area contributed by atoms with Crippen LogP contribution in [0.5, 0.6) is 0 Å². The van der Waals surface area contributed by atoms with Gasteiger partial charge in [0.1, 0.15) is 6.04 Å². The molecule has 3 N–H and O–H groups in total. The van der Waals surface area contributed by atoms with E-state index < -0.39 is 12.1 Å². The summed E-state index contributed by atoms with van der Waals surface area (Å²) in [6.07, 6.45) is -0.653. The van der Waals surface area contributed by atoms with Crippen LogP contribution in [0.3, 0.4) is 0 Å². The third-order valence-electron chi connectivity index (χ3n) is 3.28. The lowest BCUT2D eigenvalue weighted by molar-refractivity contribution is -0.123. The molecule has 2 rings (SSSR count). The molecule has 0 aliphatic heterocycles. The molecule has 0 saturated heterocycles. The highest BCUT2D eigenvalue weighted by molar-refractivity contribution is 5.97. The van der Waals surface area contributed by atoms with Gasteiger partial charge in [0.05, 0.1) is 6.10 Å². The minimum Gasteiger partial charge on any atom is -0.392 e. The van der Waals surface area contributed by atoms with Crippen molar-refractivity contribution in [2.24, 2.45) is 0 Å². The maximum absolute atomic E-state index is 12.4. The average molecular weight is 312 g/mol. The lowest BCUT2D eigenvalue weighted by Crippen LogP contribution is -2.42. The van der Waals surface area contributed by atoms with Crippen molar-refractivity contribution < 1.29 is 14.7 Å². The molecule has 2 aromatic carbocycles. The number of aliphatic hydroxyl groups is 1. The Morgan fingerprint density at radius 1 is 1.00 bits per heavy atom. The van der Waals surface area contributed by atoms with Gasteiger partial charge in [-0.05, 0) is 24.6 Å². The van der Waals surface area contributed by atoms with Crippen LogP contribution in [-0.2, 0) is 4.79 Å². The molecule has 0 bridgehead atoms. The fourth-order valence-corrected chi connectivity index (χ4v) is 2.10. The number of aliphatic hydroxyl groups excluding tert-OH is 1. The zero-order chi connectivity index (χ0) is 16.7. The van der Waals surface area contributed by atoms with E-state index in [4.69, 9.17) is 0 Å². The summed E-state index contributed by atoms with van der Waals surface area (Å²) >= 11 is 0. The number of carbonyl (C=O) groups is 2. The number of amides is 2. The predicted octanol–water partition coefficient (Wildman–Crippen LogP) is 1.65. The zero-order valence-corrected chi connectivity index (χ0v) is 12.9. The Bertz CT molecular complexity index is 642. The van der Waals surface area contributed by atoms with Crippen LogP contribution >= 0.6 is 0 Å². The van der Waals surface area contributed by atoms with Gasteiger partial charge in [-0.2, -0.15) is 0 Å². The largest absolute Gasteiger partial charge is 0.392 e. The Kier molecular flexibility index (Phi) is 5.88. The van der Waals surface area contributed by atoms with E-state index in [-0.39, 0.29) is 18.4 Å². The van der Waals surface area contributed by atoms with Crippen molar-refractivity contribution in [1.82, 2.24) is 10.6 Å². The maximum atomic E-state index is 12.4. The zero-order valence-electron chi connectivity index (χ0n) is 12.9. The predicted molar refractivity (Wildman–Crippen MR) is 87.8 cm³/mol. The van der Waals surface area contributed by atoms with Crippen LogP contribution in [0.25, 0.3) is 0 Å². The van der Waals surface area contributed by atoms with Gasteiger partial charge in [0, 0.05) is 12.1 Å². The number of rotatable bonds is 6. The van der Waals surface area contributed by atoms with Gasteiger partial charge in [-0.3, -0.25) is 9.59 Å². The molecular weight excluding hydrogens is 292 g/mol. The van der Waals surface area contributed by atoms with Gasteiger partial charge < -0.3 is 15.7 Å². The van der Waals surface area contributed by atoms with Gasteiger partial charge in [-0.1, -0.05) is 48.5 Å². The van der Waals surface area contributed by atoms with Crippen LogP contribution in [0.15, 0.2) is 60.7 Å². The molecule has 2 unspecified atom stereocenters. The molecule has 5 heteroatoms. The molecule has 0 saturated carbocycles.